The summed E-state index contributed by atoms with van der Waals surface area (Å²) in [4.78, 5) is 52.9. The van der Waals surface area contributed by atoms with Crippen molar-refractivity contribution in [3.63, 3.8) is 0 Å². The quantitative estimate of drug-likeness (QED) is 0.0960. The summed E-state index contributed by atoms with van der Waals surface area (Å²) in [6.07, 6.45) is -0.545. The van der Waals surface area contributed by atoms with Gasteiger partial charge in [-0.2, -0.15) is 0 Å². The molecule has 0 radical (unpaired) electrons. The number of rotatable bonds is 12. The number of amides is 1. The summed E-state index contributed by atoms with van der Waals surface area (Å²) in [7, 11) is -2.27. The van der Waals surface area contributed by atoms with E-state index in [1.165, 1.54) is 0 Å². The number of carbonyl (C=O) groups excluding carboxylic acids is 4. The highest BCUT2D eigenvalue weighted by Gasteiger charge is 2.59. The van der Waals surface area contributed by atoms with Gasteiger partial charge in [0.25, 0.3) is 0 Å². The Morgan fingerprint density at radius 1 is 1.00 bits per heavy atom. The predicted molar refractivity (Wildman–Crippen MR) is 145 cm³/mol. The molecule has 2 rings (SSSR count). The zero-order chi connectivity index (χ0) is 28.8. The van der Waals surface area contributed by atoms with Gasteiger partial charge in [0.2, 0.25) is 11.9 Å². The third-order valence-electron chi connectivity index (χ3n) is 7.09. The van der Waals surface area contributed by atoms with Crippen molar-refractivity contribution < 1.29 is 37.8 Å². The molecule has 1 aromatic carbocycles. The number of carbonyl (C=O) groups is 4. The Kier molecular flexibility index (Phi) is 10.4. The van der Waals surface area contributed by atoms with Crippen LogP contribution in [0.5, 0.6) is 0 Å². The number of likely N-dealkylation sites (tertiary alicyclic amines) is 1. The zero-order valence-corrected chi connectivity index (χ0v) is 24.7. The van der Waals surface area contributed by atoms with Crippen molar-refractivity contribution in [2.24, 2.45) is 5.92 Å². The lowest BCUT2D eigenvalue weighted by Crippen LogP contribution is -2.72. The Morgan fingerprint density at radius 2 is 1.53 bits per heavy atom. The third-order valence-corrected chi connectivity index (χ3v) is 11.7. The van der Waals surface area contributed by atoms with Crippen LogP contribution in [-0.4, -0.2) is 75.0 Å². The largest absolute Gasteiger partial charge is 0.464 e. The molecule has 1 aliphatic heterocycles. The zero-order valence-electron chi connectivity index (χ0n) is 23.7. The van der Waals surface area contributed by atoms with E-state index in [9.17, 15) is 19.2 Å². The second-order valence-electron chi connectivity index (χ2n) is 10.8. The van der Waals surface area contributed by atoms with E-state index in [2.05, 4.69) is 40.4 Å². The lowest BCUT2D eigenvalue weighted by Gasteiger charge is -2.53. The smallest absolute Gasteiger partial charge is 0.340 e. The lowest BCUT2D eigenvalue weighted by molar-refractivity contribution is -0.184. The molecule has 1 heterocycles. The van der Waals surface area contributed by atoms with Gasteiger partial charge in [0.1, 0.15) is 6.61 Å². The van der Waals surface area contributed by atoms with Crippen LogP contribution in [0.15, 0.2) is 42.5 Å². The second kappa shape index (κ2) is 12.7. The molecule has 1 saturated heterocycles. The minimum Gasteiger partial charge on any atom is -0.464 e. The van der Waals surface area contributed by atoms with Gasteiger partial charge in [-0.15, -0.1) is 0 Å². The molecule has 1 amide bonds. The van der Waals surface area contributed by atoms with Crippen molar-refractivity contribution in [1.82, 2.24) is 4.90 Å². The molecule has 1 fully saturated rings. The average Bonchev–Trinajstić information content (AvgIpc) is 2.83. The maximum absolute atomic E-state index is 13.6. The first kappa shape index (κ1) is 31.2. The molecule has 10 heteroatoms. The van der Waals surface area contributed by atoms with Gasteiger partial charge in [0.05, 0.1) is 36.8 Å². The van der Waals surface area contributed by atoms with Gasteiger partial charge in [0, 0.05) is 0 Å². The van der Waals surface area contributed by atoms with Crippen LogP contribution in [0.2, 0.25) is 18.1 Å². The van der Waals surface area contributed by atoms with Gasteiger partial charge in [-0.05, 0) is 56.6 Å². The predicted octanol–water partition coefficient (Wildman–Crippen LogP) is 4.13. The maximum atomic E-state index is 13.6. The average molecular weight is 548 g/mol. The number of hydrogen-bond acceptors (Lipinski definition) is 8. The minimum atomic E-state index is -2.27. The Balaban J connectivity index is 2.39. The van der Waals surface area contributed by atoms with E-state index in [1.807, 2.05) is 0 Å². The van der Waals surface area contributed by atoms with Crippen LogP contribution in [0.25, 0.3) is 0 Å². The first-order valence-corrected chi connectivity index (χ1v) is 15.8. The summed E-state index contributed by atoms with van der Waals surface area (Å²) in [5, 5.41) is -0.107. The van der Waals surface area contributed by atoms with Gasteiger partial charge in [-0.25, -0.2) is 14.4 Å². The normalized spacial score (nSPS) is 18.4. The fraction of sp³-hybridized carbons (Fsp3) is 0.571. The fourth-order valence-corrected chi connectivity index (χ4v) is 5.54. The topological polar surface area (TPSA) is 108 Å². The van der Waals surface area contributed by atoms with Crippen LogP contribution >= 0.6 is 0 Å². The van der Waals surface area contributed by atoms with E-state index >= 15 is 0 Å². The maximum Gasteiger partial charge on any atom is 0.340 e. The van der Waals surface area contributed by atoms with Crippen LogP contribution in [0.3, 0.4) is 0 Å². The van der Waals surface area contributed by atoms with Crippen LogP contribution in [0.4, 0.5) is 0 Å². The molecule has 0 N–H and O–H groups in total. The minimum absolute atomic E-state index is 0.0192. The van der Waals surface area contributed by atoms with Crippen molar-refractivity contribution in [2.75, 3.05) is 19.8 Å². The number of benzene rings is 1. The fourth-order valence-electron chi connectivity index (χ4n) is 4.11. The highest BCUT2D eigenvalue weighted by Crippen LogP contribution is 2.42. The number of esters is 3. The van der Waals surface area contributed by atoms with Crippen LogP contribution in [0.1, 0.15) is 51.9 Å². The highest BCUT2D eigenvalue weighted by molar-refractivity contribution is 6.74. The molecule has 1 aromatic rings. The van der Waals surface area contributed by atoms with Crippen molar-refractivity contribution in [3.8, 4) is 0 Å². The SMILES string of the molecule is C=C(COC(=O)c1ccccc1)[C@@H]1[C@@H]([C@@H](C)O[Si](C)(C)C(C)(C)C)C(=O)N1C(C(=O)OCC)C(=O)OCC. The molecular weight excluding hydrogens is 506 g/mol. The first-order chi connectivity index (χ1) is 17.7. The molecule has 9 nitrogen and oxygen atoms in total. The summed E-state index contributed by atoms with van der Waals surface area (Å²) in [5.74, 6) is -3.54. The summed E-state index contributed by atoms with van der Waals surface area (Å²) in [6.45, 7) is 19.4. The molecule has 1 aliphatic rings. The van der Waals surface area contributed by atoms with Crippen molar-refractivity contribution >= 4 is 32.1 Å². The number of ether oxygens (including phenoxy) is 3. The number of β-lactam (4-membered cyclic amide) rings is 1. The Bertz CT molecular complexity index is 1020. The molecule has 3 atom stereocenters. The number of hydrogen-bond donors (Lipinski definition) is 0. The molecule has 38 heavy (non-hydrogen) atoms. The van der Waals surface area contributed by atoms with E-state index in [4.69, 9.17) is 18.6 Å². The molecule has 0 saturated carbocycles. The Labute approximate surface area is 226 Å². The highest BCUT2D eigenvalue weighted by atomic mass is 28.4. The molecule has 0 aliphatic carbocycles. The molecule has 0 aromatic heterocycles. The van der Waals surface area contributed by atoms with Crippen LogP contribution in [-0.2, 0) is 33.0 Å². The standard InChI is InChI=1S/C28H41NO8Si/c1-10-34-26(32)23(27(33)35-11-2)29-22(18(3)17-36-25(31)20-15-13-12-14-16-20)21(24(29)30)19(4)37-38(8,9)28(5,6)7/h12-16,19,21-23H,3,10-11,17H2,1-2,4-9H3/t19-,21-,22-/m1/s1. The van der Waals surface area contributed by atoms with Gasteiger partial charge in [-0.1, -0.05) is 45.5 Å². The first-order valence-electron chi connectivity index (χ1n) is 12.9. The van der Waals surface area contributed by atoms with E-state index in [1.54, 1.807) is 51.1 Å². The van der Waals surface area contributed by atoms with Crippen LogP contribution in [0, 0.1) is 5.92 Å². The Morgan fingerprint density at radius 3 is 2.00 bits per heavy atom. The van der Waals surface area contributed by atoms with E-state index in [0.717, 1.165) is 4.90 Å². The molecule has 0 bridgehead atoms. The molecule has 0 unspecified atom stereocenters. The summed E-state index contributed by atoms with van der Waals surface area (Å²) >= 11 is 0. The Hall–Kier alpha value is -2.98. The van der Waals surface area contributed by atoms with Gasteiger partial charge >= 0.3 is 17.9 Å². The monoisotopic (exact) mass is 547 g/mol. The van der Waals surface area contributed by atoms with Crippen molar-refractivity contribution in [1.29, 1.82) is 0 Å². The number of nitrogens with zero attached hydrogens (tertiary/aromatic N) is 1. The van der Waals surface area contributed by atoms with E-state index in [0.29, 0.717) is 11.1 Å². The molecule has 0 spiro atoms. The third kappa shape index (κ3) is 6.90. The van der Waals surface area contributed by atoms with E-state index in [-0.39, 0.29) is 24.9 Å². The summed E-state index contributed by atoms with van der Waals surface area (Å²) < 4.78 is 22.2. The van der Waals surface area contributed by atoms with Gasteiger partial charge in [-0.3, -0.25) is 4.79 Å². The lowest BCUT2D eigenvalue weighted by atomic mass is 9.78. The van der Waals surface area contributed by atoms with Gasteiger partial charge < -0.3 is 23.5 Å². The summed E-state index contributed by atoms with van der Waals surface area (Å²) in [5.41, 5.74) is 0.715. The summed E-state index contributed by atoms with van der Waals surface area (Å²) in [6, 6.07) is 6.05. The molecule has 210 valence electrons. The van der Waals surface area contributed by atoms with E-state index < -0.39 is 56.2 Å². The van der Waals surface area contributed by atoms with Gasteiger partial charge in [0.15, 0.2) is 8.32 Å². The molecular formula is C28H41NO8Si. The van der Waals surface area contributed by atoms with Crippen molar-refractivity contribution in [2.45, 2.75) is 77.9 Å². The second-order valence-corrected chi connectivity index (χ2v) is 15.6. The van der Waals surface area contributed by atoms with Crippen molar-refractivity contribution in [3.05, 3.63) is 48.0 Å². The van der Waals surface area contributed by atoms with Crippen LogP contribution < -0.4 is 0 Å².